The van der Waals surface area contributed by atoms with Crippen LogP contribution in [0.1, 0.15) is 21.6 Å². The number of nitrogens with zero attached hydrogens (tertiary/aromatic N) is 4. The largest absolute Gasteiger partial charge is 0.492 e. The first-order valence-corrected chi connectivity index (χ1v) is 10.0. The van der Waals surface area contributed by atoms with E-state index in [9.17, 15) is 14.3 Å². The number of rotatable bonds is 5. The molecule has 4 rings (SSSR count). The third-order valence-corrected chi connectivity index (χ3v) is 5.63. The number of hydrogen-bond donors (Lipinski definition) is 2. The maximum absolute atomic E-state index is 13.3. The summed E-state index contributed by atoms with van der Waals surface area (Å²) < 4.78 is 15.2. The number of carbonyl (C=O) groups excluding carboxylic acids is 1. The molecule has 0 radical (unpaired) electrons. The Hall–Kier alpha value is -2.97. The van der Waals surface area contributed by atoms with E-state index in [4.69, 9.17) is 0 Å². The molecule has 0 aliphatic carbocycles. The van der Waals surface area contributed by atoms with Crippen molar-refractivity contribution in [3.63, 3.8) is 0 Å². The normalized spacial score (nSPS) is 15.6. The lowest BCUT2D eigenvalue weighted by Crippen LogP contribution is -2.43. The first-order chi connectivity index (χ1) is 14.4. The monoisotopic (exact) mass is 411 g/mol. The van der Waals surface area contributed by atoms with Crippen molar-refractivity contribution in [1.29, 1.82) is 0 Å². The molecule has 0 spiro atoms. The summed E-state index contributed by atoms with van der Waals surface area (Å²) in [5.41, 5.74) is 2.70. The van der Waals surface area contributed by atoms with Crippen molar-refractivity contribution < 1.29 is 14.3 Å². The molecule has 0 unspecified atom stereocenters. The molecule has 3 heterocycles. The van der Waals surface area contributed by atoms with Gasteiger partial charge >= 0.3 is 0 Å². The highest BCUT2D eigenvalue weighted by atomic mass is 19.1. The van der Waals surface area contributed by atoms with E-state index in [1.807, 2.05) is 10.8 Å². The van der Waals surface area contributed by atoms with E-state index in [1.54, 1.807) is 18.2 Å². The molecule has 0 atom stereocenters. The zero-order valence-electron chi connectivity index (χ0n) is 17.2. The van der Waals surface area contributed by atoms with E-state index < -0.39 is 0 Å². The fourth-order valence-electron chi connectivity index (χ4n) is 3.90. The molecule has 1 aromatic carbocycles. The molecule has 3 aromatic rings. The number of carbonyl (C=O) groups is 1. The van der Waals surface area contributed by atoms with Gasteiger partial charge in [0.15, 0.2) is 0 Å². The van der Waals surface area contributed by atoms with Gasteiger partial charge in [-0.2, -0.15) is 0 Å². The van der Waals surface area contributed by atoms with Gasteiger partial charge in [0, 0.05) is 57.9 Å². The Kier molecular flexibility index (Phi) is 5.69. The fourth-order valence-corrected chi connectivity index (χ4v) is 3.90. The Morgan fingerprint density at radius 1 is 1.17 bits per heavy atom. The van der Waals surface area contributed by atoms with Crippen molar-refractivity contribution in [2.75, 3.05) is 40.3 Å². The molecule has 1 saturated heterocycles. The summed E-state index contributed by atoms with van der Waals surface area (Å²) in [6.45, 7) is 5.11. The Balaban J connectivity index is 1.75. The van der Waals surface area contributed by atoms with Crippen LogP contribution in [0.4, 0.5) is 4.39 Å². The summed E-state index contributed by atoms with van der Waals surface area (Å²) in [4.78, 5) is 20.9. The molecular weight excluding hydrogens is 385 g/mol. The molecule has 2 N–H and O–H groups in total. The second-order valence-electron chi connectivity index (χ2n) is 7.79. The lowest BCUT2D eigenvalue weighted by molar-refractivity contribution is 0.0957. The molecular formula is C22H26FN5O2. The zero-order chi connectivity index (χ0) is 21.3. The number of piperazine rings is 1. The maximum atomic E-state index is 13.3. The predicted molar refractivity (Wildman–Crippen MR) is 113 cm³/mol. The highest BCUT2D eigenvalue weighted by molar-refractivity contribution is 5.98. The van der Waals surface area contributed by atoms with Crippen molar-refractivity contribution in [3.8, 4) is 5.88 Å². The highest BCUT2D eigenvalue weighted by Crippen LogP contribution is 2.30. The summed E-state index contributed by atoms with van der Waals surface area (Å²) in [5.74, 6) is -0.812. The quantitative estimate of drug-likeness (QED) is 0.672. The molecule has 2 aromatic heterocycles. The van der Waals surface area contributed by atoms with Crippen LogP contribution in [0.15, 0.2) is 36.5 Å². The van der Waals surface area contributed by atoms with Crippen LogP contribution < -0.4 is 5.32 Å². The number of aromatic nitrogens is 2. The summed E-state index contributed by atoms with van der Waals surface area (Å²) in [7, 11) is 3.65. The summed E-state index contributed by atoms with van der Waals surface area (Å²) >= 11 is 0. The third kappa shape index (κ3) is 4.15. The Bertz CT molecular complexity index is 1060. The van der Waals surface area contributed by atoms with Crippen LogP contribution in [0.5, 0.6) is 5.88 Å². The van der Waals surface area contributed by atoms with Crippen molar-refractivity contribution >= 4 is 16.8 Å². The average Bonchev–Trinajstić information content (AvgIpc) is 3.08. The van der Waals surface area contributed by atoms with Crippen LogP contribution in [0.2, 0.25) is 0 Å². The average molecular weight is 411 g/mol. The Labute approximate surface area is 174 Å². The predicted octanol–water partition coefficient (Wildman–Crippen LogP) is 2.04. The van der Waals surface area contributed by atoms with Crippen LogP contribution >= 0.6 is 0 Å². The lowest BCUT2D eigenvalue weighted by Gasteiger charge is -2.32. The first-order valence-electron chi connectivity index (χ1n) is 10.0. The van der Waals surface area contributed by atoms with E-state index in [0.29, 0.717) is 12.1 Å². The number of aromatic hydroxyl groups is 1. The van der Waals surface area contributed by atoms with Gasteiger partial charge in [-0.05, 0) is 36.4 Å². The van der Waals surface area contributed by atoms with Crippen LogP contribution in [-0.4, -0.2) is 70.6 Å². The van der Waals surface area contributed by atoms with Gasteiger partial charge in [0.2, 0.25) is 5.88 Å². The Morgan fingerprint density at radius 2 is 1.87 bits per heavy atom. The minimum atomic E-state index is -0.343. The van der Waals surface area contributed by atoms with Gasteiger partial charge in [-0.3, -0.25) is 9.69 Å². The van der Waals surface area contributed by atoms with E-state index in [-0.39, 0.29) is 23.3 Å². The zero-order valence-corrected chi connectivity index (χ0v) is 17.2. The second-order valence-corrected chi connectivity index (χ2v) is 7.79. The maximum Gasteiger partial charge on any atom is 0.269 e. The molecule has 158 valence electrons. The van der Waals surface area contributed by atoms with Gasteiger partial charge in [0.1, 0.15) is 17.0 Å². The molecule has 8 heteroatoms. The standard InChI is InChI=1S/C22H26FN5O2/c1-24-21(29)19-11-18-16(13-27-9-7-26(2)8-10-27)14-28(20(18)22(30)25-19)12-15-3-5-17(23)6-4-15/h3-6,11,14H,7-10,12-13H2,1-2H3,(H,24,29)(H,25,30). The van der Waals surface area contributed by atoms with Crippen LogP contribution in [-0.2, 0) is 13.1 Å². The van der Waals surface area contributed by atoms with E-state index >= 15 is 0 Å². The molecule has 7 nitrogen and oxygen atoms in total. The molecule has 1 fully saturated rings. The van der Waals surface area contributed by atoms with Gasteiger partial charge in [-0.1, -0.05) is 12.1 Å². The highest BCUT2D eigenvalue weighted by Gasteiger charge is 2.21. The second kappa shape index (κ2) is 8.41. The van der Waals surface area contributed by atoms with Crippen LogP contribution in [0, 0.1) is 5.82 Å². The van der Waals surface area contributed by atoms with E-state index in [2.05, 4.69) is 27.1 Å². The molecule has 1 aliphatic rings. The first kappa shape index (κ1) is 20.3. The van der Waals surface area contributed by atoms with Gasteiger partial charge in [0.05, 0.1) is 0 Å². The smallest absolute Gasteiger partial charge is 0.269 e. The third-order valence-electron chi connectivity index (χ3n) is 5.63. The molecule has 1 amide bonds. The molecule has 1 aliphatic heterocycles. The molecule has 0 bridgehead atoms. The number of halogens is 1. The SMILES string of the molecule is CNC(=O)c1cc2c(CN3CCN(C)CC3)cn(Cc3ccc(F)cc3)c2c(O)n1. The molecule has 30 heavy (non-hydrogen) atoms. The Morgan fingerprint density at radius 3 is 2.53 bits per heavy atom. The summed E-state index contributed by atoms with van der Waals surface area (Å²) in [6, 6.07) is 8.04. The minimum absolute atomic E-state index is 0.182. The van der Waals surface area contributed by atoms with Crippen LogP contribution in [0.25, 0.3) is 10.9 Å². The summed E-state index contributed by atoms with van der Waals surface area (Å²) in [5, 5.41) is 14.0. The van der Waals surface area contributed by atoms with Gasteiger partial charge in [-0.15, -0.1) is 0 Å². The van der Waals surface area contributed by atoms with Crippen LogP contribution in [0.3, 0.4) is 0 Å². The lowest BCUT2D eigenvalue weighted by atomic mass is 10.1. The van der Waals surface area contributed by atoms with Gasteiger partial charge in [0.25, 0.3) is 5.91 Å². The van der Waals surface area contributed by atoms with Crippen molar-refractivity contribution in [3.05, 3.63) is 59.2 Å². The van der Waals surface area contributed by atoms with Gasteiger partial charge < -0.3 is 19.9 Å². The minimum Gasteiger partial charge on any atom is -0.492 e. The van der Waals surface area contributed by atoms with Crippen molar-refractivity contribution in [2.45, 2.75) is 13.1 Å². The topological polar surface area (TPSA) is 73.6 Å². The number of benzene rings is 1. The number of fused-ring (bicyclic) bond motifs is 1. The van der Waals surface area contributed by atoms with E-state index in [1.165, 1.54) is 19.2 Å². The fraction of sp³-hybridized carbons (Fsp3) is 0.364. The number of pyridine rings is 1. The van der Waals surface area contributed by atoms with Crippen molar-refractivity contribution in [2.24, 2.45) is 0 Å². The van der Waals surface area contributed by atoms with E-state index in [0.717, 1.165) is 49.2 Å². The summed E-state index contributed by atoms with van der Waals surface area (Å²) in [6.07, 6.45) is 2.00. The number of hydrogen-bond acceptors (Lipinski definition) is 5. The number of amides is 1. The number of nitrogens with one attached hydrogen (secondary N) is 1. The van der Waals surface area contributed by atoms with Gasteiger partial charge in [-0.25, -0.2) is 9.37 Å². The number of likely N-dealkylation sites (N-methyl/N-ethyl adjacent to an activating group) is 1. The van der Waals surface area contributed by atoms with Crippen molar-refractivity contribution in [1.82, 2.24) is 24.7 Å². The molecule has 0 saturated carbocycles.